The monoisotopic (exact) mass is 487 g/mol. The first-order valence-electron chi connectivity index (χ1n) is 11.4. The van der Waals surface area contributed by atoms with Gasteiger partial charge < -0.3 is 15.0 Å². The van der Waals surface area contributed by atoms with Gasteiger partial charge in [0.15, 0.2) is 11.4 Å². The fourth-order valence-corrected chi connectivity index (χ4v) is 4.13. The van der Waals surface area contributed by atoms with Crippen LogP contribution in [0.25, 0.3) is 5.69 Å². The van der Waals surface area contributed by atoms with Crippen molar-refractivity contribution >= 4 is 11.6 Å². The Morgan fingerprint density at radius 2 is 1.74 bits per heavy atom. The van der Waals surface area contributed by atoms with E-state index in [9.17, 15) is 18.0 Å². The van der Waals surface area contributed by atoms with Crippen LogP contribution in [0.1, 0.15) is 23.0 Å². The number of hydrogen-bond acceptors (Lipinski definition) is 5. The van der Waals surface area contributed by atoms with Gasteiger partial charge in [-0.05, 0) is 37.3 Å². The SMILES string of the molecule is COc1cn(-c2cccc(C(F)(F)F)c2)nc1C(=O)NCC(C)N1CCN(c2ccccc2)CC1. The van der Waals surface area contributed by atoms with Crippen LogP contribution in [0.15, 0.2) is 60.8 Å². The predicted octanol–water partition coefficient (Wildman–Crippen LogP) is 3.84. The van der Waals surface area contributed by atoms with Crippen molar-refractivity contribution in [3.05, 3.63) is 72.1 Å². The number of hydrogen-bond donors (Lipinski definition) is 1. The molecule has 1 saturated heterocycles. The van der Waals surface area contributed by atoms with Crippen LogP contribution in [0.3, 0.4) is 0 Å². The van der Waals surface area contributed by atoms with Gasteiger partial charge in [-0.25, -0.2) is 4.68 Å². The molecule has 1 N–H and O–H groups in total. The van der Waals surface area contributed by atoms with Crippen LogP contribution in [0.5, 0.6) is 5.75 Å². The van der Waals surface area contributed by atoms with Crippen molar-refractivity contribution in [3.8, 4) is 11.4 Å². The lowest BCUT2D eigenvalue weighted by Crippen LogP contribution is -2.52. The summed E-state index contributed by atoms with van der Waals surface area (Å²) in [5, 5.41) is 7.08. The summed E-state index contributed by atoms with van der Waals surface area (Å²) < 4.78 is 45.7. The van der Waals surface area contributed by atoms with Crippen LogP contribution in [-0.2, 0) is 6.18 Å². The maximum atomic E-state index is 13.1. The molecule has 1 atom stereocenters. The van der Waals surface area contributed by atoms with Gasteiger partial charge in [0.1, 0.15) is 0 Å². The molecule has 0 radical (unpaired) electrons. The molecule has 2 heterocycles. The molecule has 2 aromatic carbocycles. The normalized spacial score (nSPS) is 15.6. The average Bonchev–Trinajstić information content (AvgIpc) is 3.32. The number of carbonyl (C=O) groups is 1. The van der Waals surface area contributed by atoms with E-state index in [1.165, 1.54) is 35.8 Å². The number of ether oxygens (including phenoxy) is 1. The third-order valence-electron chi connectivity index (χ3n) is 6.17. The maximum Gasteiger partial charge on any atom is 0.416 e. The highest BCUT2D eigenvalue weighted by Gasteiger charge is 2.31. The lowest BCUT2D eigenvalue weighted by Gasteiger charge is -2.39. The van der Waals surface area contributed by atoms with Crippen LogP contribution in [0.4, 0.5) is 18.9 Å². The van der Waals surface area contributed by atoms with Gasteiger partial charge in [-0.1, -0.05) is 24.3 Å². The number of para-hydroxylation sites is 1. The fraction of sp³-hybridized carbons (Fsp3) is 0.360. The number of carbonyl (C=O) groups excluding carboxylic acids is 1. The largest absolute Gasteiger partial charge is 0.493 e. The summed E-state index contributed by atoms with van der Waals surface area (Å²) in [4.78, 5) is 17.5. The van der Waals surface area contributed by atoms with Crippen molar-refractivity contribution in [3.63, 3.8) is 0 Å². The molecule has 0 saturated carbocycles. The van der Waals surface area contributed by atoms with Crippen molar-refractivity contribution in [2.45, 2.75) is 19.1 Å². The van der Waals surface area contributed by atoms with E-state index >= 15 is 0 Å². The number of nitrogens with one attached hydrogen (secondary N) is 1. The van der Waals surface area contributed by atoms with Gasteiger partial charge in [0.2, 0.25) is 0 Å². The van der Waals surface area contributed by atoms with Crippen molar-refractivity contribution in [2.24, 2.45) is 0 Å². The van der Waals surface area contributed by atoms with Crippen LogP contribution in [0, 0.1) is 0 Å². The molecule has 1 fully saturated rings. The number of amides is 1. The minimum absolute atomic E-state index is 0.0195. The molecule has 1 aliphatic heterocycles. The van der Waals surface area contributed by atoms with E-state index in [-0.39, 0.29) is 23.2 Å². The first kappa shape index (κ1) is 24.6. The number of aromatic nitrogens is 2. The Labute approximate surface area is 202 Å². The summed E-state index contributed by atoms with van der Waals surface area (Å²) in [6.07, 6.45) is -3.08. The summed E-state index contributed by atoms with van der Waals surface area (Å²) in [7, 11) is 1.39. The summed E-state index contributed by atoms with van der Waals surface area (Å²) in [5.74, 6) is -0.258. The molecule has 1 aromatic heterocycles. The van der Waals surface area contributed by atoms with E-state index in [1.54, 1.807) is 0 Å². The minimum Gasteiger partial charge on any atom is -0.493 e. The van der Waals surface area contributed by atoms with E-state index in [4.69, 9.17) is 4.74 Å². The fourth-order valence-electron chi connectivity index (χ4n) is 4.13. The number of anilines is 1. The van der Waals surface area contributed by atoms with Crippen molar-refractivity contribution in [1.82, 2.24) is 20.0 Å². The summed E-state index contributed by atoms with van der Waals surface area (Å²) in [6, 6.07) is 15.1. The van der Waals surface area contributed by atoms with Gasteiger partial charge in [0.05, 0.1) is 24.6 Å². The number of piperazine rings is 1. The number of alkyl halides is 3. The number of rotatable bonds is 7. The third-order valence-corrected chi connectivity index (χ3v) is 6.17. The van der Waals surface area contributed by atoms with E-state index in [2.05, 4.69) is 39.3 Å². The van der Waals surface area contributed by atoms with Crippen LogP contribution >= 0.6 is 0 Å². The van der Waals surface area contributed by atoms with Gasteiger partial charge in [0, 0.05) is 44.5 Å². The van der Waals surface area contributed by atoms with Gasteiger partial charge in [0.25, 0.3) is 5.91 Å². The van der Waals surface area contributed by atoms with Crippen LogP contribution in [0.2, 0.25) is 0 Å². The minimum atomic E-state index is -4.48. The first-order chi connectivity index (χ1) is 16.8. The summed E-state index contributed by atoms with van der Waals surface area (Å²) in [6.45, 7) is 6.01. The predicted molar refractivity (Wildman–Crippen MR) is 127 cm³/mol. The molecule has 10 heteroatoms. The maximum absolute atomic E-state index is 13.1. The molecule has 4 rings (SSSR count). The number of benzene rings is 2. The third kappa shape index (κ3) is 5.76. The Bertz CT molecular complexity index is 1140. The Morgan fingerprint density at radius 1 is 1.06 bits per heavy atom. The van der Waals surface area contributed by atoms with E-state index < -0.39 is 17.6 Å². The standard InChI is InChI=1S/C25H28F3N5O2/c1-18(31-11-13-32(14-12-31)20-8-4-3-5-9-20)16-29-24(34)23-22(35-2)17-33(30-23)21-10-6-7-19(15-21)25(26,27)28/h3-10,15,17-18H,11-14,16H2,1-2H3,(H,29,34). The van der Waals surface area contributed by atoms with E-state index in [1.807, 2.05) is 18.2 Å². The number of nitrogens with zero attached hydrogens (tertiary/aromatic N) is 4. The highest BCUT2D eigenvalue weighted by atomic mass is 19.4. The Kier molecular flexibility index (Phi) is 7.30. The molecule has 0 spiro atoms. The number of halogens is 3. The zero-order valence-corrected chi connectivity index (χ0v) is 19.6. The zero-order valence-electron chi connectivity index (χ0n) is 19.6. The average molecular weight is 488 g/mol. The topological polar surface area (TPSA) is 62.6 Å². The molecule has 7 nitrogen and oxygen atoms in total. The second kappa shape index (κ2) is 10.4. The van der Waals surface area contributed by atoms with Gasteiger partial charge in [-0.2, -0.15) is 18.3 Å². The van der Waals surface area contributed by atoms with Crippen molar-refractivity contribution in [1.29, 1.82) is 0 Å². The van der Waals surface area contributed by atoms with Crippen LogP contribution < -0.4 is 15.0 Å². The molecule has 1 aliphatic rings. The van der Waals surface area contributed by atoms with E-state index in [0.29, 0.717) is 6.54 Å². The first-order valence-corrected chi connectivity index (χ1v) is 11.4. The highest BCUT2D eigenvalue weighted by molar-refractivity contribution is 5.95. The molecule has 1 unspecified atom stereocenters. The second-order valence-electron chi connectivity index (χ2n) is 8.46. The Hall–Kier alpha value is -3.53. The lowest BCUT2D eigenvalue weighted by molar-refractivity contribution is -0.137. The van der Waals surface area contributed by atoms with Gasteiger partial charge >= 0.3 is 6.18 Å². The summed E-state index contributed by atoms with van der Waals surface area (Å²) >= 11 is 0. The molecule has 1 amide bonds. The lowest BCUT2D eigenvalue weighted by atomic mass is 10.2. The number of methoxy groups -OCH3 is 1. The molecular formula is C25H28F3N5O2. The summed E-state index contributed by atoms with van der Waals surface area (Å²) in [5.41, 5.74) is 0.612. The molecule has 0 aliphatic carbocycles. The van der Waals surface area contributed by atoms with Gasteiger partial charge in [-0.3, -0.25) is 9.69 Å². The molecule has 35 heavy (non-hydrogen) atoms. The molecule has 3 aromatic rings. The quantitative estimate of drug-likeness (QED) is 0.549. The van der Waals surface area contributed by atoms with Crippen molar-refractivity contribution in [2.75, 3.05) is 44.7 Å². The van der Waals surface area contributed by atoms with Crippen molar-refractivity contribution < 1.29 is 22.7 Å². The molecule has 0 bridgehead atoms. The zero-order chi connectivity index (χ0) is 25.0. The second-order valence-corrected chi connectivity index (χ2v) is 8.46. The van der Waals surface area contributed by atoms with E-state index in [0.717, 1.165) is 38.3 Å². The van der Waals surface area contributed by atoms with Gasteiger partial charge in [-0.15, -0.1) is 0 Å². The Morgan fingerprint density at radius 3 is 2.40 bits per heavy atom. The van der Waals surface area contributed by atoms with Crippen LogP contribution in [-0.4, -0.2) is 66.5 Å². The highest BCUT2D eigenvalue weighted by Crippen LogP contribution is 2.30. The molecule has 186 valence electrons. The molecular weight excluding hydrogens is 459 g/mol. The Balaban J connectivity index is 1.37. The smallest absolute Gasteiger partial charge is 0.416 e.